The first-order valence-electron chi connectivity index (χ1n) is 5.65. The summed E-state index contributed by atoms with van der Waals surface area (Å²) in [6, 6.07) is 1.70. The molecule has 0 unspecified atom stereocenters. The molecule has 0 saturated heterocycles. The number of amides is 1. The zero-order chi connectivity index (χ0) is 12.8. The Morgan fingerprint density at radius 3 is 2.82 bits per heavy atom. The zero-order valence-electron chi connectivity index (χ0n) is 10.7. The summed E-state index contributed by atoms with van der Waals surface area (Å²) >= 11 is 0. The Morgan fingerprint density at radius 2 is 2.24 bits per heavy atom. The lowest BCUT2D eigenvalue weighted by atomic mass is 10.2. The van der Waals surface area contributed by atoms with Crippen LogP contribution in [0.3, 0.4) is 0 Å². The maximum absolute atomic E-state index is 11.8. The van der Waals surface area contributed by atoms with Gasteiger partial charge in [-0.2, -0.15) is 0 Å². The topological polar surface area (TPSA) is 71.2 Å². The van der Waals surface area contributed by atoms with Gasteiger partial charge in [0.15, 0.2) is 0 Å². The highest BCUT2D eigenvalue weighted by Crippen LogP contribution is 2.10. The summed E-state index contributed by atoms with van der Waals surface area (Å²) in [6.45, 7) is 3.43. The van der Waals surface area contributed by atoms with Gasteiger partial charge in [-0.15, -0.1) is 0 Å². The molecular formula is C12H20N4O. The van der Waals surface area contributed by atoms with Crippen LogP contribution in [-0.2, 0) is 0 Å². The fourth-order valence-electron chi connectivity index (χ4n) is 1.46. The van der Waals surface area contributed by atoms with Gasteiger partial charge in [0.2, 0.25) is 0 Å². The smallest absolute Gasteiger partial charge is 0.254 e. The Kier molecular flexibility index (Phi) is 4.90. The van der Waals surface area contributed by atoms with Crippen molar-refractivity contribution in [1.82, 2.24) is 15.2 Å². The minimum atomic E-state index is -0.159. The standard InChI is InChI=1S/C12H20N4O/c1-9-7-11(13)10(8-15-9)12(17)14-5-4-6-16(2)3/h7-8H,4-6H2,1-3H3,(H2,13,15)(H,14,17). The maximum atomic E-state index is 11.8. The van der Waals surface area contributed by atoms with Gasteiger partial charge in [-0.05, 0) is 40.1 Å². The number of carbonyl (C=O) groups is 1. The van der Waals surface area contributed by atoms with Crippen molar-refractivity contribution in [2.24, 2.45) is 0 Å². The van der Waals surface area contributed by atoms with Crippen molar-refractivity contribution >= 4 is 11.6 Å². The van der Waals surface area contributed by atoms with Crippen LogP contribution >= 0.6 is 0 Å². The molecule has 1 heterocycles. The van der Waals surface area contributed by atoms with Crippen LogP contribution in [0.4, 0.5) is 5.69 Å². The number of anilines is 1. The first-order chi connectivity index (χ1) is 8.00. The highest BCUT2D eigenvalue weighted by atomic mass is 16.1. The maximum Gasteiger partial charge on any atom is 0.254 e. The number of nitrogens with two attached hydrogens (primary N) is 1. The molecule has 94 valence electrons. The Bertz CT molecular complexity index is 390. The average molecular weight is 236 g/mol. The monoisotopic (exact) mass is 236 g/mol. The van der Waals surface area contributed by atoms with Crippen molar-refractivity contribution < 1.29 is 4.79 Å². The lowest BCUT2D eigenvalue weighted by molar-refractivity contribution is 0.0953. The fraction of sp³-hybridized carbons (Fsp3) is 0.500. The number of rotatable bonds is 5. The summed E-state index contributed by atoms with van der Waals surface area (Å²) in [5.74, 6) is -0.159. The molecule has 0 saturated carbocycles. The number of carbonyl (C=O) groups excluding carboxylic acids is 1. The van der Waals surface area contributed by atoms with E-state index in [2.05, 4.69) is 15.2 Å². The van der Waals surface area contributed by atoms with Crippen LogP contribution in [0.25, 0.3) is 0 Å². The largest absolute Gasteiger partial charge is 0.398 e. The van der Waals surface area contributed by atoms with Crippen molar-refractivity contribution in [1.29, 1.82) is 0 Å². The molecule has 1 rings (SSSR count). The van der Waals surface area contributed by atoms with E-state index in [0.29, 0.717) is 17.8 Å². The molecule has 0 aromatic carbocycles. The van der Waals surface area contributed by atoms with E-state index >= 15 is 0 Å². The molecule has 5 nitrogen and oxygen atoms in total. The van der Waals surface area contributed by atoms with Crippen molar-refractivity contribution in [2.75, 3.05) is 32.9 Å². The summed E-state index contributed by atoms with van der Waals surface area (Å²) < 4.78 is 0. The highest BCUT2D eigenvalue weighted by molar-refractivity contribution is 5.98. The second-order valence-electron chi connectivity index (χ2n) is 4.33. The Morgan fingerprint density at radius 1 is 1.53 bits per heavy atom. The first kappa shape index (κ1) is 13.4. The third-order valence-corrected chi connectivity index (χ3v) is 2.38. The van der Waals surface area contributed by atoms with Crippen LogP contribution in [0.5, 0.6) is 0 Å². The van der Waals surface area contributed by atoms with E-state index in [9.17, 15) is 4.79 Å². The Hall–Kier alpha value is -1.62. The molecule has 17 heavy (non-hydrogen) atoms. The van der Waals surface area contributed by atoms with Crippen molar-refractivity contribution in [3.8, 4) is 0 Å². The highest BCUT2D eigenvalue weighted by Gasteiger charge is 2.09. The number of aromatic nitrogens is 1. The van der Waals surface area contributed by atoms with Gasteiger partial charge in [-0.1, -0.05) is 0 Å². The molecule has 3 N–H and O–H groups in total. The van der Waals surface area contributed by atoms with E-state index in [1.165, 1.54) is 6.20 Å². The summed E-state index contributed by atoms with van der Waals surface area (Å²) in [5, 5.41) is 2.83. The molecule has 0 atom stereocenters. The zero-order valence-corrected chi connectivity index (χ0v) is 10.7. The van der Waals surface area contributed by atoms with Crippen LogP contribution in [0.1, 0.15) is 22.5 Å². The molecule has 1 aromatic rings. The number of nitrogens with one attached hydrogen (secondary N) is 1. The average Bonchev–Trinajstić information content (AvgIpc) is 2.23. The number of nitrogen functional groups attached to an aromatic ring is 1. The molecule has 0 aliphatic carbocycles. The molecule has 0 bridgehead atoms. The van der Waals surface area contributed by atoms with Gasteiger partial charge >= 0.3 is 0 Å². The predicted octanol–water partition coefficient (Wildman–Crippen LogP) is 0.654. The van der Waals surface area contributed by atoms with Crippen LogP contribution < -0.4 is 11.1 Å². The van der Waals surface area contributed by atoms with E-state index in [0.717, 1.165) is 18.7 Å². The van der Waals surface area contributed by atoms with E-state index in [1.807, 2.05) is 21.0 Å². The Balaban J connectivity index is 2.47. The number of hydrogen-bond acceptors (Lipinski definition) is 4. The molecule has 1 aromatic heterocycles. The van der Waals surface area contributed by atoms with Crippen LogP contribution in [-0.4, -0.2) is 43.0 Å². The molecular weight excluding hydrogens is 216 g/mol. The molecule has 0 fully saturated rings. The van der Waals surface area contributed by atoms with Gasteiger partial charge in [0, 0.05) is 24.1 Å². The third kappa shape index (κ3) is 4.40. The molecule has 0 spiro atoms. The SMILES string of the molecule is Cc1cc(N)c(C(=O)NCCCN(C)C)cn1. The van der Waals surface area contributed by atoms with Gasteiger partial charge < -0.3 is 16.0 Å². The minimum absolute atomic E-state index is 0.159. The summed E-state index contributed by atoms with van der Waals surface area (Å²) in [6.07, 6.45) is 2.43. The van der Waals surface area contributed by atoms with Gasteiger partial charge in [0.25, 0.3) is 5.91 Å². The quantitative estimate of drug-likeness (QED) is 0.736. The predicted molar refractivity (Wildman–Crippen MR) is 68.9 cm³/mol. The van der Waals surface area contributed by atoms with Gasteiger partial charge in [-0.3, -0.25) is 9.78 Å². The molecule has 0 radical (unpaired) electrons. The van der Waals surface area contributed by atoms with Crippen molar-refractivity contribution in [3.05, 3.63) is 23.5 Å². The summed E-state index contributed by atoms with van der Waals surface area (Å²) in [4.78, 5) is 17.9. The van der Waals surface area contributed by atoms with Crippen LogP contribution in [0.15, 0.2) is 12.3 Å². The van der Waals surface area contributed by atoms with Crippen LogP contribution in [0, 0.1) is 6.92 Å². The van der Waals surface area contributed by atoms with Gasteiger partial charge in [-0.25, -0.2) is 0 Å². The lowest BCUT2D eigenvalue weighted by Crippen LogP contribution is -2.27. The lowest BCUT2D eigenvalue weighted by Gasteiger charge is -2.10. The number of pyridine rings is 1. The third-order valence-electron chi connectivity index (χ3n) is 2.38. The fourth-order valence-corrected chi connectivity index (χ4v) is 1.46. The normalized spacial score (nSPS) is 10.6. The molecule has 0 aliphatic rings. The van der Waals surface area contributed by atoms with E-state index < -0.39 is 0 Å². The number of hydrogen-bond donors (Lipinski definition) is 2. The Labute approximate surface area is 102 Å². The van der Waals surface area contributed by atoms with Crippen LogP contribution in [0.2, 0.25) is 0 Å². The summed E-state index contributed by atoms with van der Waals surface area (Å²) in [7, 11) is 4.01. The molecule has 0 aliphatic heterocycles. The van der Waals surface area contributed by atoms with Crippen molar-refractivity contribution in [2.45, 2.75) is 13.3 Å². The number of nitrogens with zero attached hydrogens (tertiary/aromatic N) is 2. The van der Waals surface area contributed by atoms with Gasteiger partial charge in [0.1, 0.15) is 0 Å². The van der Waals surface area contributed by atoms with E-state index in [4.69, 9.17) is 5.73 Å². The second kappa shape index (κ2) is 6.20. The summed E-state index contributed by atoms with van der Waals surface area (Å²) in [5.41, 5.74) is 7.50. The molecule has 1 amide bonds. The van der Waals surface area contributed by atoms with Gasteiger partial charge in [0.05, 0.1) is 5.56 Å². The van der Waals surface area contributed by atoms with E-state index in [1.54, 1.807) is 6.07 Å². The van der Waals surface area contributed by atoms with E-state index in [-0.39, 0.29) is 5.91 Å². The van der Waals surface area contributed by atoms with Crippen molar-refractivity contribution in [3.63, 3.8) is 0 Å². The first-order valence-corrected chi connectivity index (χ1v) is 5.65. The number of aryl methyl sites for hydroxylation is 1. The second-order valence-corrected chi connectivity index (χ2v) is 4.33. The molecule has 5 heteroatoms. The minimum Gasteiger partial charge on any atom is -0.398 e.